The van der Waals surface area contributed by atoms with Gasteiger partial charge in [0.25, 0.3) is 5.69 Å². The van der Waals surface area contributed by atoms with E-state index >= 15 is 0 Å². The molecule has 11 heteroatoms. The number of nitrogens with zero attached hydrogens (tertiary/aromatic N) is 6. The number of benzene rings is 1. The first-order chi connectivity index (χ1) is 16.1. The van der Waals surface area contributed by atoms with E-state index in [0.717, 1.165) is 31.6 Å². The maximum atomic E-state index is 11.2. The summed E-state index contributed by atoms with van der Waals surface area (Å²) in [6, 6.07) is 8.92. The first-order valence-electron chi connectivity index (χ1n) is 11.5. The van der Waals surface area contributed by atoms with Crippen LogP contribution in [-0.2, 0) is 9.47 Å². The lowest BCUT2D eigenvalue weighted by Crippen LogP contribution is -2.44. The standard InChI is InChI=1S/C22H31N6O4P/c1-19(25-8-2-3-9-25)22(18-23)33(26-10-14-31-15-11-26,27-12-16-32-17-13-27)24-20-4-6-21(7-5-20)28(29)30/h4-7H,2-3,8-17H2,1H3/b22-19-. The van der Waals surface area contributed by atoms with Gasteiger partial charge in [0.15, 0.2) is 0 Å². The fourth-order valence-electron chi connectivity index (χ4n) is 4.67. The number of allylic oxidation sites excluding steroid dienone is 2. The molecule has 33 heavy (non-hydrogen) atoms. The van der Waals surface area contributed by atoms with Gasteiger partial charge in [-0.15, -0.1) is 0 Å². The Bertz CT molecular complexity index is 950. The molecule has 1 aromatic carbocycles. The predicted octanol–water partition coefficient (Wildman–Crippen LogP) is 3.77. The van der Waals surface area contributed by atoms with Gasteiger partial charge >= 0.3 is 0 Å². The summed E-state index contributed by atoms with van der Waals surface area (Å²) in [5.41, 5.74) is 1.67. The first-order valence-corrected chi connectivity index (χ1v) is 13.1. The smallest absolute Gasteiger partial charge is 0.269 e. The van der Waals surface area contributed by atoms with Crippen LogP contribution in [0.1, 0.15) is 19.8 Å². The number of ether oxygens (including phenoxy) is 2. The largest absolute Gasteiger partial charge is 0.379 e. The summed E-state index contributed by atoms with van der Waals surface area (Å²) < 4.78 is 21.3. The lowest BCUT2D eigenvalue weighted by molar-refractivity contribution is -0.384. The number of nitro groups is 1. The molecule has 0 bridgehead atoms. The summed E-state index contributed by atoms with van der Waals surface area (Å²) in [5.74, 6) is 0. The van der Waals surface area contributed by atoms with Gasteiger partial charge in [-0.3, -0.25) is 10.1 Å². The molecule has 3 aliphatic rings. The second kappa shape index (κ2) is 10.8. The van der Waals surface area contributed by atoms with Crippen LogP contribution in [0.4, 0.5) is 11.4 Å². The van der Waals surface area contributed by atoms with Crippen molar-refractivity contribution < 1.29 is 14.4 Å². The molecule has 3 fully saturated rings. The van der Waals surface area contributed by atoms with Crippen LogP contribution in [0.5, 0.6) is 0 Å². The van der Waals surface area contributed by atoms with Crippen LogP contribution in [0.25, 0.3) is 0 Å². The third kappa shape index (κ3) is 4.98. The summed E-state index contributed by atoms with van der Waals surface area (Å²) >= 11 is 0. The van der Waals surface area contributed by atoms with Gasteiger partial charge in [0, 0.05) is 57.1 Å². The molecular weight excluding hydrogens is 443 g/mol. The van der Waals surface area contributed by atoms with Crippen molar-refractivity contribution in [1.82, 2.24) is 14.2 Å². The summed E-state index contributed by atoms with van der Waals surface area (Å²) in [4.78, 5) is 13.1. The highest BCUT2D eigenvalue weighted by Crippen LogP contribution is 2.65. The topological polar surface area (TPSA) is 107 Å². The molecule has 0 radical (unpaired) electrons. The van der Waals surface area contributed by atoms with Crippen LogP contribution in [-0.4, -0.2) is 84.9 Å². The van der Waals surface area contributed by atoms with E-state index in [1.807, 2.05) is 6.92 Å². The Morgan fingerprint density at radius 2 is 1.52 bits per heavy atom. The Labute approximate surface area is 194 Å². The summed E-state index contributed by atoms with van der Waals surface area (Å²) in [6.45, 7) is 9.01. The normalized spacial score (nSPS) is 21.4. The number of rotatable bonds is 6. The molecule has 3 saturated heterocycles. The van der Waals surface area contributed by atoms with E-state index in [2.05, 4.69) is 20.3 Å². The minimum atomic E-state index is -2.69. The van der Waals surface area contributed by atoms with Gasteiger partial charge in [-0.25, -0.2) is 14.1 Å². The van der Waals surface area contributed by atoms with E-state index in [-0.39, 0.29) is 5.69 Å². The lowest BCUT2D eigenvalue weighted by Gasteiger charge is -2.47. The van der Waals surface area contributed by atoms with Crippen LogP contribution in [0, 0.1) is 21.4 Å². The van der Waals surface area contributed by atoms with Crippen LogP contribution in [0.2, 0.25) is 0 Å². The van der Waals surface area contributed by atoms with Crippen molar-refractivity contribution in [3.63, 3.8) is 0 Å². The van der Waals surface area contributed by atoms with Crippen molar-refractivity contribution >= 4 is 18.7 Å². The third-order valence-corrected chi connectivity index (χ3v) is 10.3. The molecule has 0 amide bonds. The van der Waals surface area contributed by atoms with E-state index in [4.69, 9.17) is 14.2 Å². The number of nitriles is 1. The molecule has 3 aliphatic heterocycles. The monoisotopic (exact) mass is 474 g/mol. The number of hydrogen-bond acceptors (Lipinski definition) is 7. The fraction of sp³-hybridized carbons (Fsp3) is 0.591. The van der Waals surface area contributed by atoms with Crippen molar-refractivity contribution in [1.29, 1.82) is 5.26 Å². The zero-order chi connectivity index (χ0) is 23.3. The number of non-ortho nitro benzene ring substituents is 1. The highest BCUT2D eigenvalue weighted by Gasteiger charge is 2.42. The first kappa shape index (κ1) is 23.9. The van der Waals surface area contributed by atoms with Gasteiger partial charge in [0.1, 0.15) is 18.7 Å². The molecule has 0 spiro atoms. The van der Waals surface area contributed by atoms with E-state index in [0.29, 0.717) is 63.6 Å². The molecule has 0 N–H and O–H groups in total. The molecule has 10 nitrogen and oxygen atoms in total. The molecule has 0 aliphatic carbocycles. The molecule has 0 unspecified atom stereocenters. The Morgan fingerprint density at radius 1 is 1.00 bits per heavy atom. The van der Waals surface area contributed by atoms with E-state index in [1.54, 1.807) is 12.1 Å². The maximum absolute atomic E-state index is 11.2. The van der Waals surface area contributed by atoms with Crippen LogP contribution >= 0.6 is 7.36 Å². The van der Waals surface area contributed by atoms with Gasteiger partial charge < -0.3 is 14.4 Å². The number of nitro benzene ring substituents is 1. The quantitative estimate of drug-likeness (QED) is 0.265. The highest BCUT2D eigenvalue weighted by atomic mass is 31.2. The lowest BCUT2D eigenvalue weighted by atomic mass is 10.3. The third-order valence-electron chi connectivity index (χ3n) is 6.41. The van der Waals surface area contributed by atoms with Gasteiger partial charge in [0.05, 0.1) is 37.0 Å². The summed E-state index contributed by atoms with van der Waals surface area (Å²) in [6.07, 6.45) is 2.24. The van der Waals surface area contributed by atoms with Crippen LogP contribution in [0.15, 0.2) is 40.0 Å². The zero-order valence-electron chi connectivity index (χ0n) is 19.1. The Morgan fingerprint density at radius 3 is 1.97 bits per heavy atom. The van der Waals surface area contributed by atoms with Crippen molar-refractivity contribution in [2.75, 3.05) is 65.7 Å². The van der Waals surface area contributed by atoms with Crippen LogP contribution in [0.3, 0.4) is 0 Å². The van der Waals surface area contributed by atoms with Crippen molar-refractivity contribution in [2.24, 2.45) is 4.74 Å². The van der Waals surface area contributed by atoms with Gasteiger partial charge in [-0.1, -0.05) is 0 Å². The Hall–Kier alpha value is -2.28. The second-order valence-corrected chi connectivity index (χ2v) is 11.2. The van der Waals surface area contributed by atoms with Gasteiger partial charge in [-0.2, -0.15) is 5.26 Å². The molecule has 0 atom stereocenters. The molecule has 0 saturated carbocycles. The molecule has 3 heterocycles. The molecular formula is C22H31N6O4P. The predicted molar refractivity (Wildman–Crippen MR) is 126 cm³/mol. The fourth-order valence-corrected chi connectivity index (χ4v) is 8.56. The summed E-state index contributed by atoms with van der Waals surface area (Å²) in [7, 11) is -2.69. The molecule has 4 rings (SSSR count). The van der Waals surface area contributed by atoms with Crippen molar-refractivity contribution in [3.8, 4) is 6.07 Å². The van der Waals surface area contributed by atoms with Crippen molar-refractivity contribution in [3.05, 3.63) is 45.4 Å². The number of morpholine rings is 2. The minimum absolute atomic E-state index is 0.0277. The minimum Gasteiger partial charge on any atom is -0.379 e. The van der Waals surface area contributed by atoms with E-state index in [1.165, 1.54) is 12.1 Å². The highest BCUT2D eigenvalue weighted by molar-refractivity contribution is 7.66. The molecule has 0 aromatic heterocycles. The van der Waals surface area contributed by atoms with E-state index < -0.39 is 12.3 Å². The number of likely N-dealkylation sites (tertiary alicyclic amines) is 1. The second-order valence-electron chi connectivity index (χ2n) is 8.31. The van der Waals surface area contributed by atoms with Gasteiger partial charge in [-0.05, 0) is 31.9 Å². The zero-order valence-corrected chi connectivity index (χ0v) is 20.0. The SMILES string of the molecule is C/C(=C(\C#N)P(=Nc1ccc([N+](=O)[O-])cc1)(N1CCOCC1)N1CCOCC1)N1CCCC1. The summed E-state index contributed by atoms with van der Waals surface area (Å²) in [5, 5.41) is 22.5. The Kier molecular flexibility index (Phi) is 7.78. The van der Waals surface area contributed by atoms with Crippen LogP contribution < -0.4 is 0 Å². The molecule has 178 valence electrons. The Balaban J connectivity index is 1.94. The average molecular weight is 475 g/mol. The number of hydrogen-bond donors (Lipinski definition) is 0. The average Bonchev–Trinajstić information content (AvgIpc) is 3.40. The van der Waals surface area contributed by atoms with Crippen molar-refractivity contribution in [2.45, 2.75) is 19.8 Å². The van der Waals surface area contributed by atoms with Gasteiger partial charge in [0.2, 0.25) is 0 Å². The van der Waals surface area contributed by atoms with E-state index in [9.17, 15) is 15.4 Å². The molecule has 1 aromatic rings. The maximum Gasteiger partial charge on any atom is 0.269 e.